The standard InChI is InChI=1S/C14H15ClN4O3/c1-9-4-3-5-10(2)13(9)19(12(20)6-15)8-22-18-11(7-16)14(17)21/h3-5H,6,8H2,1-2H3,(H2,17,21). The van der Waals surface area contributed by atoms with E-state index >= 15 is 0 Å². The molecule has 0 saturated carbocycles. The van der Waals surface area contributed by atoms with E-state index in [-0.39, 0.29) is 12.6 Å². The van der Waals surface area contributed by atoms with Crippen molar-refractivity contribution < 1.29 is 14.4 Å². The van der Waals surface area contributed by atoms with Crippen molar-refractivity contribution in [2.45, 2.75) is 13.8 Å². The first-order valence-electron chi connectivity index (χ1n) is 6.24. The number of carbonyl (C=O) groups is 2. The molecule has 0 aliphatic carbocycles. The van der Waals surface area contributed by atoms with Crippen LogP contribution in [0.25, 0.3) is 0 Å². The molecule has 2 amide bonds. The maximum atomic E-state index is 12.0. The molecule has 0 aromatic heterocycles. The molecule has 0 aliphatic rings. The molecule has 0 aliphatic heterocycles. The lowest BCUT2D eigenvalue weighted by molar-refractivity contribution is -0.117. The summed E-state index contributed by atoms with van der Waals surface area (Å²) in [6, 6.07) is 7.04. The van der Waals surface area contributed by atoms with Crippen LogP contribution in [0.5, 0.6) is 0 Å². The molecule has 0 bridgehead atoms. The van der Waals surface area contributed by atoms with E-state index in [0.29, 0.717) is 5.69 Å². The summed E-state index contributed by atoms with van der Waals surface area (Å²) >= 11 is 5.61. The van der Waals surface area contributed by atoms with E-state index in [2.05, 4.69) is 5.16 Å². The largest absolute Gasteiger partial charge is 0.372 e. The maximum absolute atomic E-state index is 12.0. The van der Waals surface area contributed by atoms with Gasteiger partial charge in [-0.1, -0.05) is 23.4 Å². The second-order valence-electron chi connectivity index (χ2n) is 4.37. The number of oxime groups is 1. The molecule has 1 rings (SSSR count). The summed E-state index contributed by atoms with van der Waals surface area (Å²) in [5, 5.41) is 12.0. The van der Waals surface area contributed by atoms with Crippen molar-refractivity contribution in [1.29, 1.82) is 5.26 Å². The Labute approximate surface area is 132 Å². The quantitative estimate of drug-likeness (QED) is 0.367. The van der Waals surface area contributed by atoms with Crippen LogP contribution in [-0.4, -0.2) is 30.1 Å². The average Bonchev–Trinajstić information content (AvgIpc) is 2.48. The first kappa shape index (κ1) is 17.5. The Morgan fingerprint density at radius 3 is 2.45 bits per heavy atom. The lowest BCUT2D eigenvalue weighted by Gasteiger charge is -2.24. The first-order chi connectivity index (χ1) is 10.4. The van der Waals surface area contributed by atoms with E-state index in [0.717, 1.165) is 11.1 Å². The molecule has 0 unspecified atom stereocenters. The third-order valence-corrected chi connectivity index (χ3v) is 3.04. The molecule has 0 radical (unpaired) electrons. The zero-order valence-corrected chi connectivity index (χ0v) is 12.9. The van der Waals surface area contributed by atoms with Crippen molar-refractivity contribution in [2.75, 3.05) is 17.5 Å². The summed E-state index contributed by atoms with van der Waals surface area (Å²) < 4.78 is 0. The monoisotopic (exact) mass is 322 g/mol. The number of primary amides is 1. The summed E-state index contributed by atoms with van der Waals surface area (Å²) in [5.74, 6) is -1.65. The van der Waals surface area contributed by atoms with Crippen molar-refractivity contribution in [2.24, 2.45) is 10.9 Å². The Morgan fingerprint density at radius 2 is 2.00 bits per heavy atom. The van der Waals surface area contributed by atoms with Crippen molar-refractivity contribution >= 4 is 34.8 Å². The van der Waals surface area contributed by atoms with Gasteiger partial charge in [0.15, 0.2) is 6.73 Å². The molecule has 0 saturated heterocycles. The fourth-order valence-electron chi connectivity index (χ4n) is 1.84. The highest BCUT2D eigenvalue weighted by molar-refractivity contribution is 6.44. The molecule has 7 nitrogen and oxygen atoms in total. The number of hydrogen-bond acceptors (Lipinski definition) is 5. The van der Waals surface area contributed by atoms with Crippen LogP contribution in [0, 0.1) is 25.2 Å². The summed E-state index contributed by atoms with van der Waals surface area (Å²) in [6.45, 7) is 3.38. The molecule has 0 atom stereocenters. The van der Waals surface area contributed by atoms with Crippen molar-refractivity contribution in [3.63, 3.8) is 0 Å². The van der Waals surface area contributed by atoms with Crippen LogP contribution < -0.4 is 10.6 Å². The highest BCUT2D eigenvalue weighted by atomic mass is 35.5. The Kier molecular flexibility index (Phi) is 6.35. The maximum Gasteiger partial charge on any atom is 0.281 e. The van der Waals surface area contributed by atoms with Gasteiger partial charge in [-0.15, -0.1) is 11.6 Å². The molecule has 2 N–H and O–H groups in total. The summed E-state index contributed by atoms with van der Waals surface area (Å²) in [5.41, 5.74) is 6.69. The fraction of sp³-hybridized carbons (Fsp3) is 0.286. The van der Waals surface area contributed by atoms with E-state index in [1.165, 1.54) is 11.0 Å². The van der Waals surface area contributed by atoms with Crippen LogP contribution in [-0.2, 0) is 14.4 Å². The number of halogens is 1. The number of amides is 2. The predicted molar refractivity (Wildman–Crippen MR) is 82.3 cm³/mol. The molecular formula is C14H15ClN4O3. The zero-order chi connectivity index (χ0) is 16.7. The number of alkyl halides is 1. The van der Waals surface area contributed by atoms with Gasteiger partial charge >= 0.3 is 0 Å². The van der Waals surface area contributed by atoms with Gasteiger partial charge in [0, 0.05) is 0 Å². The minimum atomic E-state index is -1.01. The minimum Gasteiger partial charge on any atom is -0.372 e. The number of carbonyl (C=O) groups excluding carboxylic acids is 2. The molecule has 1 aromatic carbocycles. The number of anilines is 1. The first-order valence-corrected chi connectivity index (χ1v) is 6.78. The van der Waals surface area contributed by atoms with E-state index < -0.39 is 17.5 Å². The third kappa shape index (κ3) is 4.20. The summed E-state index contributed by atoms with van der Waals surface area (Å²) in [4.78, 5) is 29.1. The molecule has 0 fully saturated rings. The number of nitrogens with zero attached hydrogens (tertiary/aromatic N) is 3. The summed E-state index contributed by atoms with van der Waals surface area (Å²) in [7, 11) is 0. The smallest absolute Gasteiger partial charge is 0.281 e. The number of nitrogens with two attached hydrogens (primary N) is 1. The van der Waals surface area contributed by atoms with Gasteiger partial charge in [0.25, 0.3) is 5.91 Å². The average molecular weight is 323 g/mol. The topological polar surface area (TPSA) is 109 Å². The van der Waals surface area contributed by atoms with Crippen LogP contribution in [0.1, 0.15) is 11.1 Å². The molecule has 0 spiro atoms. The zero-order valence-electron chi connectivity index (χ0n) is 12.2. The van der Waals surface area contributed by atoms with Gasteiger partial charge in [-0.2, -0.15) is 5.26 Å². The number of benzene rings is 1. The van der Waals surface area contributed by atoms with Gasteiger partial charge in [-0.3, -0.25) is 14.5 Å². The Bertz CT molecular complexity index is 632. The Morgan fingerprint density at radius 1 is 1.41 bits per heavy atom. The Balaban J connectivity index is 3.04. The van der Waals surface area contributed by atoms with Crippen LogP contribution in [0.15, 0.2) is 23.4 Å². The Hall–Kier alpha value is -2.59. The third-order valence-electron chi connectivity index (χ3n) is 2.81. The van der Waals surface area contributed by atoms with Gasteiger partial charge < -0.3 is 10.6 Å². The van der Waals surface area contributed by atoms with Crippen molar-refractivity contribution in [1.82, 2.24) is 0 Å². The van der Waals surface area contributed by atoms with Gasteiger partial charge in [-0.25, -0.2) is 0 Å². The van der Waals surface area contributed by atoms with Crippen molar-refractivity contribution in [3.8, 4) is 6.07 Å². The van der Waals surface area contributed by atoms with E-state index in [4.69, 9.17) is 27.4 Å². The molecule has 22 heavy (non-hydrogen) atoms. The predicted octanol–water partition coefficient (Wildman–Crippen LogP) is 1.21. The van der Waals surface area contributed by atoms with Crippen LogP contribution in [0.2, 0.25) is 0 Å². The van der Waals surface area contributed by atoms with Crippen LogP contribution >= 0.6 is 11.6 Å². The SMILES string of the molecule is Cc1cccc(C)c1N(CON=C(C#N)C(N)=O)C(=O)CCl. The second kappa shape index (κ2) is 8.00. The van der Waals surface area contributed by atoms with Crippen LogP contribution in [0.3, 0.4) is 0 Å². The number of para-hydroxylation sites is 1. The normalized spacial score (nSPS) is 10.7. The number of rotatable bonds is 6. The minimum absolute atomic E-state index is 0.248. The molecule has 116 valence electrons. The van der Waals surface area contributed by atoms with Crippen LogP contribution in [0.4, 0.5) is 5.69 Å². The van der Waals surface area contributed by atoms with E-state index in [1.54, 1.807) is 0 Å². The van der Waals surface area contributed by atoms with E-state index in [1.807, 2.05) is 32.0 Å². The van der Waals surface area contributed by atoms with Crippen molar-refractivity contribution in [3.05, 3.63) is 29.3 Å². The summed E-state index contributed by atoms with van der Waals surface area (Å²) in [6.07, 6.45) is 0. The molecule has 8 heteroatoms. The van der Waals surface area contributed by atoms with Gasteiger partial charge in [0.2, 0.25) is 11.6 Å². The van der Waals surface area contributed by atoms with E-state index in [9.17, 15) is 9.59 Å². The number of hydrogen-bond donors (Lipinski definition) is 1. The molecule has 0 heterocycles. The number of aryl methyl sites for hydroxylation is 2. The second-order valence-corrected chi connectivity index (χ2v) is 4.64. The molecular weight excluding hydrogens is 308 g/mol. The van der Waals surface area contributed by atoms with Gasteiger partial charge in [0.1, 0.15) is 11.9 Å². The van der Waals surface area contributed by atoms with Gasteiger partial charge in [-0.05, 0) is 25.0 Å². The lowest BCUT2D eigenvalue weighted by Crippen LogP contribution is -2.35. The number of nitriles is 1. The highest BCUT2D eigenvalue weighted by Gasteiger charge is 2.19. The lowest BCUT2D eigenvalue weighted by atomic mass is 10.1. The fourth-order valence-corrected chi connectivity index (χ4v) is 1.98. The van der Waals surface area contributed by atoms with Gasteiger partial charge in [0.05, 0.1) is 5.69 Å². The molecule has 1 aromatic rings. The highest BCUT2D eigenvalue weighted by Crippen LogP contribution is 2.25.